The number of rotatable bonds is 2. The second-order valence-corrected chi connectivity index (χ2v) is 7.38. The van der Waals surface area contributed by atoms with E-state index in [0.29, 0.717) is 35.6 Å². The van der Waals surface area contributed by atoms with Crippen molar-refractivity contribution in [2.45, 2.75) is 17.9 Å². The maximum absolute atomic E-state index is 13.0. The summed E-state index contributed by atoms with van der Waals surface area (Å²) in [5, 5.41) is 4.22. The Labute approximate surface area is 129 Å². The van der Waals surface area contributed by atoms with Crippen LogP contribution in [0.2, 0.25) is 5.02 Å². The van der Waals surface area contributed by atoms with Crippen molar-refractivity contribution in [2.75, 3.05) is 19.6 Å². The molecule has 0 aliphatic carbocycles. The molecule has 1 atom stereocenters. The third-order valence-corrected chi connectivity index (χ3v) is 6.08. The zero-order chi connectivity index (χ0) is 15.0. The number of hydrogen-bond acceptors (Lipinski definition) is 4. The predicted octanol–water partition coefficient (Wildman–Crippen LogP) is 1.87. The molecule has 1 aliphatic heterocycles. The van der Waals surface area contributed by atoms with Gasteiger partial charge in [0.1, 0.15) is 0 Å². The molecule has 7 heteroatoms. The minimum atomic E-state index is -3.56. The molecule has 1 saturated heterocycles. The summed E-state index contributed by atoms with van der Waals surface area (Å²) in [5.74, 6) is 0. The van der Waals surface area contributed by atoms with Gasteiger partial charge in [-0.05, 0) is 31.2 Å². The SMILES string of the molecule is CC1CNCCN1S(=O)(=O)c1ccc(Cl)c2ncccc12. The summed E-state index contributed by atoms with van der Waals surface area (Å²) in [6.45, 7) is 3.68. The second-order valence-electron chi connectivity index (χ2n) is 5.11. The zero-order valence-corrected chi connectivity index (χ0v) is 13.2. The molecule has 0 saturated carbocycles. The van der Waals surface area contributed by atoms with Crippen molar-refractivity contribution in [2.24, 2.45) is 0 Å². The highest BCUT2D eigenvalue weighted by Crippen LogP contribution is 2.30. The van der Waals surface area contributed by atoms with Crippen LogP contribution < -0.4 is 5.32 Å². The lowest BCUT2D eigenvalue weighted by molar-refractivity contribution is 0.284. The Morgan fingerprint density at radius 3 is 2.95 bits per heavy atom. The third-order valence-electron chi connectivity index (χ3n) is 3.71. The van der Waals surface area contributed by atoms with E-state index in [-0.39, 0.29) is 10.9 Å². The number of hydrogen-bond donors (Lipinski definition) is 1. The normalized spacial score (nSPS) is 20.8. The number of sulfonamides is 1. The van der Waals surface area contributed by atoms with Gasteiger partial charge in [0.25, 0.3) is 0 Å². The summed E-state index contributed by atoms with van der Waals surface area (Å²) in [7, 11) is -3.56. The maximum atomic E-state index is 13.0. The van der Waals surface area contributed by atoms with Crippen molar-refractivity contribution >= 4 is 32.5 Å². The highest BCUT2D eigenvalue weighted by molar-refractivity contribution is 7.89. The van der Waals surface area contributed by atoms with Crippen LogP contribution in [0.1, 0.15) is 6.92 Å². The Balaban J connectivity index is 2.17. The van der Waals surface area contributed by atoms with E-state index in [1.54, 1.807) is 34.8 Å². The first-order valence-corrected chi connectivity index (χ1v) is 8.59. The molecule has 1 aromatic heterocycles. The molecule has 2 aromatic rings. The van der Waals surface area contributed by atoms with Gasteiger partial charge in [-0.2, -0.15) is 4.31 Å². The van der Waals surface area contributed by atoms with Gasteiger partial charge in [-0.25, -0.2) is 8.42 Å². The molecular formula is C14H16ClN3O2S. The van der Waals surface area contributed by atoms with Crippen LogP contribution in [-0.4, -0.2) is 43.4 Å². The quantitative estimate of drug-likeness (QED) is 0.915. The van der Waals surface area contributed by atoms with Gasteiger partial charge in [0.2, 0.25) is 10.0 Å². The Morgan fingerprint density at radius 1 is 1.38 bits per heavy atom. The first-order chi connectivity index (χ1) is 10.0. The van der Waals surface area contributed by atoms with Crippen molar-refractivity contribution in [3.8, 4) is 0 Å². The van der Waals surface area contributed by atoms with E-state index in [0.717, 1.165) is 0 Å². The highest BCUT2D eigenvalue weighted by atomic mass is 35.5. The van der Waals surface area contributed by atoms with Crippen LogP contribution in [0.15, 0.2) is 35.4 Å². The Bertz CT molecular complexity index is 779. The van der Waals surface area contributed by atoms with Crippen LogP contribution in [0.5, 0.6) is 0 Å². The number of nitrogens with zero attached hydrogens (tertiary/aromatic N) is 2. The van der Waals surface area contributed by atoms with Gasteiger partial charge < -0.3 is 5.32 Å². The Hall–Kier alpha value is -1.21. The lowest BCUT2D eigenvalue weighted by Crippen LogP contribution is -2.52. The summed E-state index contributed by atoms with van der Waals surface area (Å²) in [6, 6.07) is 6.55. The fraction of sp³-hybridized carbons (Fsp3) is 0.357. The van der Waals surface area contributed by atoms with Crippen molar-refractivity contribution < 1.29 is 8.42 Å². The minimum Gasteiger partial charge on any atom is -0.314 e. The molecule has 0 amide bonds. The smallest absolute Gasteiger partial charge is 0.244 e. The number of halogens is 1. The molecule has 0 bridgehead atoms. The molecule has 0 spiro atoms. The van der Waals surface area contributed by atoms with Gasteiger partial charge in [-0.3, -0.25) is 4.98 Å². The third kappa shape index (κ3) is 2.53. The Kier molecular flexibility index (Phi) is 3.88. The van der Waals surface area contributed by atoms with Gasteiger partial charge in [-0.1, -0.05) is 11.6 Å². The number of aromatic nitrogens is 1. The second kappa shape index (κ2) is 5.53. The van der Waals surface area contributed by atoms with E-state index < -0.39 is 10.0 Å². The molecule has 1 unspecified atom stereocenters. The first kappa shape index (κ1) is 14.7. The fourth-order valence-electron chi connectivity index (χ4n) is 2.64. The van der Waals surface area contributed by atoms with Crippen LogP contribution >= 0.6 is 11.6 Å². The topological polar surface area (TPSA) is 62.3 Å². The minimum absolute atomic E-state index is 0.0776. The molecule has 1 aliphatic rings. The highest BCUT2D eigenvalue weighted by Gasteiger charge is 2.32. The summed E-state index contributed by atoms with van der Waals surface area (Å²) >= 11 is 6.11. The van der Waals surface area contributed by atoms with E-state index in [2.05, 4.69) is 10.3 Å². The van der Waals surface area contributed by atoms with Crippen molar-refractivity contribution in [3.63, 3.8) is 0 Å². The summed E-state index contributed by atoms with van der Waals surface area (Å²) in [6.07, 6.45) is 1.61. The summed E-state index contributed by atoms with van der Waals surface area (Å²) < 4.78 is 27.4. The molecule has 2 heterocycles. The number of fused-ring (bicyclic) bond motifs is 1. The number of pyridine rings is 1. The molecule has 112 valence electrons. The molecule has 5 nitrogen and oxygen atoms in total. The van der Waals surface area contributed by atoms with Gasteiger partial charge in [0.15, 0.2) is 0 Å². The molecule has 3 rings (SSSR count). The standard InChI is InChI=1S/C14H16ClN3O2S/c1-10-9-16-7-8-18(10)21(19,20)13-5-4-12(15)14-11(13)3-2-6-17-14/h2-6,10,16H,7-9H2,1H3. The number of piperazine rings is 1. The van der Waals surface area contributed by atoms with Crippen LogP contribution in [0.25, 0.3) is 10.9 Å². The van der Waals surface area contributed by atoms with E-state index in [1.807, 2.05) is 6.92 Å². The van der Waals surface area contributed by atoms with Crippen molar-refractivity contribution in [3.05, 3.63) is 35.5 Å². The van der Waals surface area contributed by atoms with E-state index in [1.165, 1.54) is 0 Å². The average Bonchev–Trinajstić information content (AvgIpc) is 2.48. The predicted molar refractivity (Wildman–Crippen MR) is 83.0 cm³/mol. The summed E-state index contributed by atoms with van der Waals surface area (Å²) in [5.41, 5.74) is 0.517. The molecular weight excluding hydrogens is 310 g/mol. The summed E-state index contributed by atoms with van der Waals surface area (Å²) in [4.78, 5) is 4.46. The monoisotopic (exact) mass is 325 g/mol. The van der Waals surface area contributed by atoms with Crippen LogP contribution in [0.3, 0.4) is 0 Å². The van der Waals surface area contributed by atoms with Crippen LogP contribution in [-0.2, 0) is 10.0 Å². The Morgan fingerprint density at radius 2 is 2.19 bits per heavy atom. The molecule has 0 radical (unpaired) electrons. The number of nitrogens with one attached hydrogen (secondary N) is 1. The maximum Gasteiger partial charge on any atom is 0.244 e. The van der Waals surface area contributed by atoms with Gasteiger partial charge in [0.05, 0.1) is 15.4 Å². The van der Waals surface area contributed by atoms with Crippen molar-refractivity contribution in [1.29, 1.82) is 0 Å². The van der Waals surface area contributed by atoms with Gasteiger partial charge >= 0.3 is 0 Å². The van der Waals surface area contributed by atoms with Crippen molar-refractivity contribution in [1.82, 2.24) is 14.6 Å². The first-order valence-electron chi connectivity index (χ1n) is 6.77. The van der Waals surface area contributed by atoms with Gasteiger partial charge in [0, 0.05) is 37.3 Å². The number of benzene rings is 1. The lowest BCUT2D eigenvalue weighted by Gasteiger charge is -2.33. The largest absolute Gasteiger partial charge is 0.314 e. The molecule has 1 fully saturated rings. The van der Waals surface area contributed by atoms with Gasteiger partial charge in [-0.15, -0.1) is 0 Å². The molecule has 21 heavy (non-hydrogen) atoms. The van der Waals surface area contributed by atoms with Crippen LogP contribution in [0, 0.1) is 0 Å². The van der Waals surface area contributed by atoms with E-state index in [4.69, 9.17) is 11.6 Å². The fourth-order valence-corrected chi connectivity index (χ4v) is 4.67. The average molecular weight is 326 g/mol. The zero-order valence-electron chi connectivity index (χ0n) is 11.6. The van der Waals surface area contributed by atoms with Crippen LogP contribution in [0.4, 0.5) is 0 Å². The van der Waals surface area contributed by atoms with E-state index in [9.17, 15) is 8.42 Å². The van der Waals surface area contributed by atoms with E-state index >= 15 is 0 Å². The molecule has 1 aromatic carbocycles. The molecule has 1 N–H and O–H groups in total. The lowest BCUT2D eigenvalue weighted by atomic mass is 10.2.